The Morgan fingerprint density at radius 1 is 0.840 bits per heavy atom. The van der Waals surface area contributed by atoms with Crippen molar-refractivity contribution in [2.45, 2.75) is 18.0 Å². The summed E-state index contributed by atoms with van der Waals surface area (Å²) < 4.78 is 35.1. The predicted octanol–water partition coefficient (Wildman–Crippen LogP) is 0.406. The third-order valence-corrected chi connectivity index (χ3v) is 4.21. The number of benzene rings is 2. The quantitative estimate of drug-likeness (QED) is 0.665. The number of halogens is 1. The standard InChI is InChI=1S/C16H16FN3O4S/c17-13-5-1-11(2-6-13)9-19-15(21)16(22)20-10-12-3-7-14(8-4-12)25(18,23)24/h1-8H,9-10H2,(H,19,21)(H,20,22)(H2,18,23,24). The summed E-state index contributed by atoms with van der Waals surface area (Å²) in [7, 11) is -3.78. The van der Waals surface area contributed by atoms with Crippen LogP contribution < -0.4 is 15.8 Å². The van der Waals surface area contributed by atoms with Crippen LogP contribution in [0.15, 0.2) is 53.4 Å². The maximum atomic E-state index is 12.8. The van der Waals surface area contributed by atoms with Crippen molar-refractivity contribution in [2.75, 3.05) is 0 Å². The van der Waals surface area contributed by atoms with Crippen molar-refractivity contribution in [3.63, 3.8) is 0 Å². The molecule has 0 saturated carbocycles. The van der Waals surface area contributed by atoms with E-state index in [0.717, 1.165) is 0 Å². The Labute approximate surface area is 144 Å². The molecule has 0 saturated heterocycles. The van der Waals surface area contributed by atoms with Crippen LogP contribution in [0.2, 0.25) is 0 Å². The summed E-state index contributed by atoms with van der Waals surface area (Å²) in [6, 6.07) is 11.1. The number of hydrogen-bond donors (Lipinski definition) is 3. The first-order valence-corrected chi connectivity index (χ1v) is 8.72. The highest BCUT2D eigenvalue weighted by atomic mass is 32.2. The van der Waals surface area contributed by atoms with Gasteiger partial charge in [0.2, 0.25) is 10.0 Å². The summed E-state index contributed by atoms with van der Waals surface area (Å²) in [6.07, 6.45) is 0. The minimum Gasteiger partial charge on any atom is -0.344 e. The van der Waals surface area contributed by atoms with Crippen molar-refractivity contribution in [3.05, 3.63) is 65.5 Å². The molecule has 2 aromatic rings. The third-order valence-electron chi connectivity index (χ3n) is 3.28. The van der Waals surface area contributed by atoms with E-state index in [9.17, 15) is 22.4 Å². The molecule has 0 aromatic heterocycles. The first-order valence-electron chi connectivity index (χ1n) is 7.18. The van der Waals surface area contributed by atoms with Crippen LogP contribution in [0.4, 0.5) is 4.39 Å². The molecule has 0 heterocycles. The largest absolute Gasteiger partial charge is 0.344 e. The highest BCUT2D eigenvalue weighted by molar-refractivity contribution is 7.89. The highest BCUT2D eigenvalue weighted by Gasteiger charge is 2.13. The molecule has 25 heavy (non-hydrogen) atoms. The van der Waals surface area contributed by atoms with Gasteiger partial charge in [0, 0.05) is 13.1 Å². The van der Waals surface area contributed by atoms with Crippen LogP contribution in [-0.4, -0.2) is 20.2 Å². The second kappa shape index (κ2) is 7.86. The summed E-state index contributed by atoms with van der Waals surface area (Å²) >= 11 is 0. The van der Waals surface area contributed by atoms with Gasteiger partial charge in [0.25, 0.3) is 0 Å². The van der Waals surface area contributed by atoms with Gasteiger partial charge in [-0.25, -0.2) is 17.9 Å². The lowest BCUT2D eigenvalue weighted by Gasteiger charge is -2.07. The van der Waals surface area contributed by atoms with Gasteiger partial charge in [0.05, 0.1) is 4.90 Å². The van der Waals surface area contributed by atoms with Crippen molar-refractivity contribution in [1.29, 1.82) is 0 Å². The van der Waals surface area contributed by atoms with Crippen LogP contribution >= 0.6 is 0 Å². The monoisotopic (exact) mass is 365 g/mol. The smallest absolute Gasteiger partial charge is 0.309 e. The second-order valence-corrected chi connectivity index (χ2v) is 6.74. The van der Waals surface area contributed by atoms with E-state index in [-0.39, 0.29) is 23.8 Å². The molecule has 0 radical (unpaired) electrons. The normalized spacial score (nSPS) is 11.0. The molecular weight excluding hydrogens is 349 g/mol. The van der Waals surface area contributed by atoms with E-state index < -0.39 is 21.8 Å². The average Bonchev–Trinajstić information content (AvgIpc) is 2.58. The van der Waals surface area contributed by atoms with Gasteiger partial charge in [-0.3, -0.25) is 9.59 Å². The Bertz CT molecular complexity index is 865. The predicted molar refractivity (Wildman–Crippen MR) is 87.9 cm³/mol. The van der Waals surface area contributed by atoms with Gasteiger partial charge in [-0.15, -0.1) is 0 Å². The summed E-state index contributed by atoms with van der Waals surface area (Å²) in [4.78, 5) is 23.4. The number of nitrogens with one attached hydrogen (secondary N) is 2. The number of carbonyl (C=O) groups excluding carboxylic acids is 2. The van der Waals surface area contributed by atoms with Crippen molar-refractivity contribution in [2.24, 2.45) is 5.14 Å². The van der Waals surface area contributed by atoms with E-state index in [4.69, 9.17) is 5.14 Å². The number of primary sulfonamides is 1. The average molecular weight is 365 g/mol. The van der Waals surface area contributed by atoms with E-state index in [2.05, 4.69) is 10.6 Å². The van der Waals surface area contributed by atoms with Crippen LogP contribution in [0.5, 0.6) is 0 Å². The first-order chi connectivity index (χ1) is 11.8. The van der Waals surface area contributed by atoms with Crippen LogP contribution in [0.3, 0.4) is 0 Å². The lowest BCUT2D eigenvalue weighted by Crippen LogP contribution is -2.39. The molecule has 0 fully saturated rings. The Morgan fingerprint density at radius 2 is 1.24 bits per heavy atom. The van der Waals surface area contributed by atoms with Crippen LogP contribution in [0.1, 0.15) is 11.1 Å². The number of nitrogens with two attached hydrogens (primary N) is 1. The Morgan fingerprint density at radius 3 is 1.64 bits per heavy atom. The number of amides is 2. The van der Waals surface area contributed by atoms with Gasteiger partial charge in [-0.05, 0) is 35.4 Å². The fourth-order valence-corrected chi connectivity index (χ4v) is 2.44. The lowest BCUT2D eigenvalue weighted by atomic mass is 10.2. The molecule has 0 aliphatic rings. The van der Waals surface area contributed by atoms with Crippen LogP contribution in [0, 0.1) is 5.82 Å². The Balaban J connectivity index is 1.83. The summed E-state index contributed by atoms with van der Waals surface area (Å²) in [6.45, 7) is 0.142. The van der Waals surface area contributed by atoms with E-state index in [1.807, 2.05) is 0 Å². The molecular formula is C16H16FN3O4S. The zero-order valence-electron chi connectivity index (χ0n) is 13.0. The molecule has 0 aliphatic carbocycles. The van der Waals surface area contributed by atoms with Gasteiger partial charge < -0.3 is 10.6 Å². The summed E-state index contributed by atoms with van der Waals surface area (Å²) in [5.74, 6) is -2.05. The summed E-state index contributed by atoms with van der Waals surface area (Å²) in [5.41, 5.74) is 1.26. The Kier molecular flexibility index (Phi) is 5.84. The molecule has 0 unspecified atom stereocenters. The lowest BCUT2D eigenvalue weighted by molar-refractivity contribution is -0.139. The summed E-state index contributed by atoms with van der Waals surface area (Å²) in [5, 5.41) is 9.81. The fourth-order valence-electron chi connectivity index (χ4n) is 1.92. The Hall–Kier alpha value is -2.78. The van der Waals surface area contributed by atoms with Gasteiger partial charge >= 0.3 is 11.8 Å². The zero-order chi connectivity index (χ0) is 18.4. The van der Waals surface area contributed by atoms with Crippen molar-refractivity contribution < 1.29 is 22.4 Å². The van der Waals surface area contributed by atoms with Crippen LogP contribution in [-0.2, 0) is 32.7 Å². The third kappa shape index (κ3) is 5.66. The van der Waals surface area contributed by atoms with E-state index in [1.165, 1.54) is 48.5 Å². The maximum absolute atomic E-state index is 12.8. The van der Waals surface area contributed by atoms with E-state index in [0.29, 0.717) is 11.1 Å². The first kappa shape index (κ1) is 18.6. The molecule has 9 heteroatoms. The molecule has 0 bridgehead atoms. The van der Waals surface area contributed by atoms with Crippen LogP contribution in [0.25, 0.3) is 0 Å². The number of sulfonamides is 1. The molecule has 2 amide bonds. The fraction of sp³-hybridized carbons (Fsp3) is 0.125. The second-order valence-electron chi connectivity index (χ2n) is 5.18. The van der Waals surface area contributed by atoms with E-state index >= 15 is 0 Å². The molecule has 0 aliphatic heterocycles. The number of rotatable bonds is 5. The van der Waals surface area contributed by atoms with Gasteiger partial charge in [0.1, 0.15) is 5.82 Å². The molecule has 2 rings (SSSR count). The molecule has 0 atom stereocenters. The molecule has 4 N–H and O–H groups in total. The topological polar surface area (TPSA) is 118 Å². The molecule has 0 spiro atoms. The zero-order valence-corrected chi connectivity index (χ0v) is 13.8. The van der Waals surface area contributed by atoms with Crippen molar-refractivity contribution in [3.8, 4) is 0 Å². The highest BCUT2D eigenvalue weighted by Crippen LogP contribution is 2.08. The van der Waals surface area contributed by atoms with Crippen molar-refractivity contribution in [1.82, 2.24) is 10.6 Å². The number of hydrogen-bond acceptors (Lipinski definition) is 4. The molecule has 7 nitrogen and oxygen atoms in total. The minimum absolute atomic E-state index is 0.0420. The van der Waals surface area contributed by atoms with E-state index in [1.54, 1.807) is 0 Å². The van der Waals surface area contributed by atoms with Gasteiger partial charge in [0.15, 0.2) is 0 Å². The van der Waals surface area contributed by atoms with Crippen molar-refractivity contribution >= 4 is 21.8 Å². The van der Waals surface area contributed by atoms with Gasteiger partial charge in [-0.1, -0.05) is 24.3 Å². The van der Waals surface area contributed by atoms with Gasteiger partial charge in [-0.2, -0.15) is 0 Å². The number of carbonyl (C=O) groups is 2. The maximum Gasteiger partial charge on any atom is 0.309 e. The molecule has 132 valence electrons. The SMILES string of the molecule is NS(=O)(=O)c1ccc(CNC(=O)C(=O)NCc2ccc(F)cc2)cc1. The molecule has 2 aromatic carbocycles. The minimum atomic E-state index is -3.78.